The highest BCUT2D eigenvalue weighted by atomic mass is 16.5. The predicted molar refractivity (Wildman–Crippen MR) is 76.0 cm³/mol. The van der Waals surface area contributed by atoms with Crippen LogP contribution in [-0.2, 0) is 0 Å². The maximum Gasteiger partial charge on any atom is 0.119 e. The minimum absolute atomic E-state index is 0.405. The first kappa shape index (κ1) is 13.4. The van der Waals surface area contributed by atoms with Gasteiger partial charge in [0.15, 0.2) is 0 Å². The van der Waals surface area contributed by atoms with E-state index in [2.05, 4.69) is 43.6 Å². The summed E-state index contributed by atoms with van der Waals surface area (Å²) >= 11 is 0. The Kier molecular flexibility index (Phi) is 4.28. The zero-order valence-electron chi connectivity index (χ0n) is 11.8. The SMILES string of the molecule is CCOc1ccc(C(NC)C2(C)CCCC2)cc1. The lowest BCUT2D eigenvalue weighted by molar-refractivity contribution is 0.233. The highest BCUT2D eigenvalue weighted by Crippen LogP contribution is 2.47. The zero-order valence-corrected chi connectivity index (χ0v) is 11.8. The first-order valence-corrected chi connectivity index (χ1v) is 7.09. The summed E-state index contributed by atoms with van der Waals surface area (Å²) in [7, 11) is 2.07. The molecule has 1 aromatic rings. The molecular weight excluding hydrogens is 222 g/mol. The summed E-state index contributed by atoms with van der Waals surface area (Å²) < 4.78 is 5.50. The number of ether oxygens (including phenoxy) is 1. The maximum absolute atomic E-state index is 5.50. The molecule has 1 saturated carbocycles. The van der Waals surface area contributed by atoms with Crippen LogP contribution >= 0.6 is 0 Å². The molecule has 1 aromatic carbocycles. The molecule has 0 bridgehead atoms. The molecule has 2 rings (SSSR count). The van der Waals surface area contributed by atoms with Crippen LogP contribution in [0.2, 0.25) is 0 Å². The van der Waals surface area contributed by atoms with E-state index in [-0.39, 0.29) is 0 Å². The van der Waals surface area contributed by atoms with Crippen LogP contribution in [0.5, 0.6) is 5.75 Å². The molecule has 2 heteroatoms. The van der Waals surface area contributed by atoms with E-state index < -0.39 is 0 Å². The average Bonchev–Trinajstić information content (AvgIpc) is 2.80. The molecule has 1 N–H and O–H groups in total. The second-order valence-corrected chi connectivity index (χ2v) is 5.58. The maximum atomic E-state index is 5.50. The van der Waals surface area contributed by atoms with Gasteiger partial charge in [-0.2, -0.15) is 0 Å². The Morgan fingerprint density at radius 1 is 1.22 bits per heavy atom. The van der Waals surface area contributed by atoms with Crippen molar-refractivity contribution >= 4 is 0 Å². The minimum Gasteiger partial charge on any atom is -0.494 e. The lowest BCUT2D eigenvalue weighted by atomic mass is 9.77. The molecule has 1 aliphatic carbocycles. The Labute approximate surface area is 111 Å². The van der Waals surface area contributed by atoms with Gasteiger partial charge in [-0.15, -0.1) is 0 Å². The van der Waals surface area contributed by atoms with Crippen molar-refractivity contribution < 1.29 is 4.74 Å². The Bertz CT molecular complexity index is 365. The lowest BCUT2D eigenvalue weighted by Crippen LogP contribution is -2.32. The van der Waals surface area contributed by atoms with E-state index in [4.69, 9.17) is 4.74 Å². The van der Waals surface area contributed by atoms with Gasteiger partial charge >= 0.3 is 0 Å². The molecule has 1 atom stereocenters. The van der Waals surface area contributed by atoms with Gasteiger partial charge in [0.05, 0.1) is 6.61 Å². The standard InChI is InChI=1S/C16H25NO/c1-4-18-14-9-7-13(8-10-14)15(17-3)16(2)11-5-6-12-16/h7-10,15,17H,4-6,11-12H2,1-3H3. The van der Waals surface area contributed by atoms with E-state index in [1.54, 1.807) is 0 Å². The third-order valence-electron chi connectivity index (χ3n) is 4.26. The Balaban J connectivity index is 2.16. The third-order valence-corrected chi connectivity index (χ3v) is 4.26. The van der Waals surface area contributed by atoms with Crippen LogP contribution in [0.3, 0.4) is 0 Å². The summed E-state index contributed by atoms with van der Waals surface area (Å²) in [6.45, 7) is 5.16. The smallest absolute Gasteiger partial charge is 0.119 e. The van der Waals surface area contributed by atoms with Crippen LogP contribution in [0.25, 0.3) is 0 Å². The Morgan fingerprint density at radius 3 is 2.33 bits per heavy atom. The molecule has 18 heavy (non-hydrogen) atoms. The summed E-state index contributed by atoms with van der Waals surface area (Å²) in [5.74, 6) is 0.965. The van der Waals surface area contributed by atoms with Crippen molar-refractivity contribution in [1.82, 2.24) is 5.32 Å². The number of hydrogen-bond acceptors (Lipinski definition) is 2. The van der Waals surface area contributed by atoms with E-state index in [1.165, 1.54) is 31.2 Å². The summed E-state index contributed by atoms with van der Waals surface area (Å²) in [5.41, 5.74) is 1.78. The molecule has 0 heterocycles. The summed E-state index contributed by atoms with van der Waals surface area (Å²) in [6, 6.07) is 9.03. The van der Waals surface area contributed by atoms with Gasteiger partial charge in [0.1, 0.15) is 5.75 Å². The number of hydrogen-bond donors (Lipinski definition) is 1. The van der Waals surface area contributed by atoms with Gasteiger partial charge < -0.3 is 10.1 Å². The summed E-state index contributed by atoms with van der Waals surface area (Å²) in [6.07, 6.45) is 5.38. The molecule has 0 spiro atoms. The van der Waals surface area contributed by atoms with Gasteiger partial charge in [0.2, 0.25) is 0 Å². The van der Waals surface area contributed by atoms with Gasteiger partial charge in [-0.25, -0.2) is 0 Å². The minimum atomic E-state index is 0.405. The fourth-order valence-corrected chi connectivity index (χ4v) is 3.31. The molecule has 1 fully saturated rings. The normalized spacial score (nSPS) is 19.7. The van der Waals surface area contributed by atoms with Crippen molar-refractivity contribution in [2.45, 2.75) is 45.6 Å². The number of nitrogens with one attached hydrogen (secondary N) is 1. The van der Waals surface area contributed by atoms with Crippen molar-refractivity contribution in [3.63, 3.8) is 0 Å². The second-order valence-electron chi connectivity index (χ2n) is 5.58. The van der Waals surface area contributed by atoms with Crippen LogP contribution in [-0.4, -0.2) is 13.7 Å². The highest BCUT2D eigenvalue weighted by molar-refractivity contribution is 5.30. The van der Waals surface area contributed by atoms with E-state index >= 15 is 0 Å². The molecule has 0 aliphatic heterocycles. The van der Waals surface area contributed by atoms with E-state index in [1.807, 2.05) is 6.92 Å². The van der Waals surface area contributed by atoms with Gasteiger partial charge in [-0.05, 0) is 49.9 Å². The van der Waals surface area contributed by atoms with Gasteiger partial charge in [0, 0.05) is 6.04 Å². The second kappa shape index (κ2) is 5.75. The highest BCUT2D eigenvalue weighted by Gasteiger charge is 2.36. The largest absolute Gasteiger partial charge is 0.494 e. The lowest BCUT2D eigenvalue weighted by Gasteiger charge is -2.34. The van der Waals surface area contributed by atoms with Gasteiger partial charge in [-0.1, -0.05) is 31.9 Å². The molecular formula is C16H25NO. The van der Waals surface area contributed by atoms with E-state index in [9.17, 15) is 0 Å². The monoisotopic (exact) mass is 247 g/mol. The van der Waals surface area contributed by atoms with Crippen LogP contribution < -0.4 is 10.1 Å². The fraction of sp³-hybridized carbons (Fsp3) is 0.625. The van der Waals surface area contributed by atoms with Crippen LogP contribution in [0, 0.1) is 5.41 Å². The molecule has 0 aromatic heterocycles. The van der Waals surface area contributed by atoms with E-state index in [0.717, 1.165) is 12.4 Å². The first-order valence-electron chi connectivity index (χ1n) is 7.09. The summed E-state index contributed by atoms with van der Waals surface area (Å²) in [4.78, 5) is 0. The predicted octanol–water partition coefficient (Wildman–Crippen LogP) is 3.93. The average molecular weight is 247 g/mol. The van der Waals surface area contributed by atoms with Gasteiger partial charge in [0.25, 0.3) is 0 Å². The van der Waals surface area contributed by atoms with Crippen molar-refractivity contribution in [2.24, 2.45) is 5.41 Å². The molecule has 0 amide bonds. The van der Waals surface area contributed by atoms with Crippen molar-refractivity contribution in [3.8, 4) is 5.75 Å². The van der Waals surface area contributed by atoms with Crippen molar-refractivity contribution in [2.75, 3.05) is 13.7 Å². The Hall–Kier alpha value is -1.02. The van der Waals surface area contributed by atoms with Crippen LogP contribution in [0.1, 0.15) is 51.1 Å². The van der Waals surface area contributed by atoms with Crippen molar-refractivity contribution in [3.05, 3.63) is 29.8 Å². The molecule has 100 valence electrons. The van der Waals surface area contributed by atoms with E-state index in [0.29, 0.717) is 11.5 Å². The first-order chi connectivity index (χ1) is 8.69. The zero-order chi connectivity index (χ0) is 13.0. The molecule has 0 saturated heterocycles. The Morgan fingerprint density at radius 2 is 1.83 bits per heavy atom. The number of rotatable bonds is 5. The fourth-order valence-electron chi connectivity index (χ4n) is 3.31. The molecule has 1 unspecified atom stereocenters. The molecule has 0 radical (unpaired) electrons. The summed E-state index contributed by atoms with van der Waals surface area (Å²) in [5, 5.41) is 3.51. The third kappa shape index (κ3) is 2.69. The number of benzene rings is 1. The van der Waals surface area contributed by atoms with Crippen LogP contribution in [0.15, 0.2) is 24.3 Å². The molecule has 1 aliphatic rings. The topological polar surface area (TPSA) is 21.3 Å². The molecule has 2 nitrogen and oxygen atoms in total. The quantitative estimate of drug-likeness (QED) is 0.851. The van der Waals surface area contributed by atoms with Gasteiger partial charge in [-0.3, -0.25) is 0 Å². The van der Waals surface area contributed by atoms with Crippen molar-refractivity contribution in [1.29, 1.82) is 0 Å². The van der Waals surface area contributed by atoms with Crippen LogP contribution in [0.4, 0.5) is 0 Å².